The second-order valence-corrected chi connectivity index (χ2v) is 29.2. The lowest BCUT2D eigenvalue weighted by molar-refractivity contribution is -0.147. The molecule has 0 bridgehead atoms. The molecule has 9 rings (SSSR count). The SMILES string of the molecule is CC1CCC(N2CCN(c3ccc(-c4ncc(-c5ccc(C(=O)N[C@H]6C[C@@H](O)CNC(=O)[C@@H]7[C@@H](O)[C@@H](C)CN7C(=O)[C@H]([C@H](O)CC(N)=O)NC(=O)[C@H]([C@H](O)Cc7ccc(O)c(OCCCNC(=O)OC(C)(C)C)c7)NC(=O)[C@@H]7C[C@@H](O)CN7C(=O)[C@H]([C@@H](C)O)NC6=O)cc5)s4)cc3)CC2)CC1. The van der Waals surface area contributed by atoms with Gasteiger partial charge in [-0.3, -0.25) is 43.3 Å². The molecule has 550 valence electrons. The molecule has 3 aromatic carbocycles. The number of anilines is 1. The number of fused-ring (bicyclic) bond motifs is 2. The maximum absolute atomic E-state index is 14.8. The molecule has 15 N–H and O–H groups in total. The molecule has 5 aliphatic rings. The van der Waals surface area contributed by atoms with Crippen LogP contribution < -0.4 is 47.3 Å². The number of primary amides is 1. The number of aromatic hydroxyl groups is 1. The molecule has 31 heteroatoms. The van der Waals surface area contributed by atoms with Gasteiger partial charge in [0.05, 0.1) is 54.5 Å². The molecule has 1 aliphatic carbocycles. The van der Waals surface area contributed by atoms with E-state index in [1.165, 1.54) is 74.3 Å². The zero-order valence-electron chi connectivity index (χ0n) is 57.7. The Morgan fingerprint density at radius 2 is 1.41 bits per heavy atom. The number of amides is 9. The van der Waals surface area contributed by atoms with Crippen LogP contribution in [0.15, 0.2) is 72.9 Å². The van der Waals surface area contributed by atoms with E-state index in [2.05, 4.69) is 72.9 Å². The fraction of sp³-hybridized carbons (Fsp3) is 0.571. The zero-order chi connectivity index (χ0) is 73.1. The van der Waals surface area contributed by atoms with Crippen LogP contribution in [0.25, 0.3) is 21.0 Å². The number of nitrogens with one attached hydrogen (secondary N) is 6. The first-order valence-electron chi connectivity index (χ1n) is 34.5. The van der Waals surface area contributed by atoms with Crippen LogP contribution in [-0.4, -0.2) is 252 Å². The fourth-order valence-corrected chi connectivity index (χ4v) is 14.4. The number of nitrogens with two attached hydrogens (primary N) is 1. The molecular weight excluding hydrogens is 1330 g/mol. The van der Waals surface area contributed by atoms with E-state index in [0.29, 0.717) is 6.04 Å². The van der Waals surface area contributed by atoms with Gasteiger partial charge in [0.2, 0.25) is 41.4 Å². The van der Waals surface area contributed by atoms with Crippen LogP contribution in [0.5, 0.6) is 11.5 Å². The summed E-state index contributed by atoms with van der Waals surface area (Å²) in [5.41, 5.74) is 7.75. The maximum Gasteiger partial charge on any atom is 0.407 e. The summed E-state index contributed by atoms with van der Waals surface area (Å²) >= 11 is 1.45. The number of ether oxygens (including phenoxy) is 2. The number of rotatable bonds is 18. The molecule has 13 atom stereocenters. The summed E-state index contributed by atoms with van der Waals surface area (Å²) in [6, 6.07) is 7.70. The minimum Gasteiger partial charge on any atom is -0.504 e. The molecule has 1 aromatic heterocycles. The van der Waals surface area contributed by atoms with Gasteiger partial charge in [-0.15, -0.1) is 11.3 Å². The summed E-state index contributed by atoms with van der Waals surface area (Å²) in [5.74, 6) is -9.71. The Bertz CT molecular complexity index is 3580. The summed E-state index contributed by atoms with van der Waals surface area (Å²) in [5, 5.41) is 95.4. The van der Waals surface area contributed by atoms with Crippen molar-refractivity contribution in [1.29, 1.82) is 0 Å². The van der Waals surface area contributed by atoms with Crippen LogP contribution in [0.3, 0.4) is 0 Å². The maximum atomic E-state index is 14.8. The van der Waals surface area contributed by atoms with Crippen molar-refractivity contribution in [3.63, 3.8) is 0 Å². The van der Waals surface area contributed by atoms with E-state index in [1.54, 1.807) is 39.1 Å². The number of nitrogens with zero attached hydrogens (tertiary/aromatic N) is 5. The number of aliphatic hydroxyl groups is 6. The topological polar surface area (TPSA) is 438 Å². The normalized spacial score (nSPS) is 27.1. The molecule has 4 aliphatic heterocycles. The van der Waals surface area contributed by atoms with Crippen molar-refractivity contribution in [2.24, 2.45) is 17.6 Å². The van der Waals surface area contributed by atoms with Gasteiger partial charge in [0.25, 0.3) is 5.91 Å². The van der Waals surface area contributed by atoms with E-state index in [1.807, 2.05) is 0 Å². The molecule has 4 aromatic rings. The van der Waals surface area contributed by atoms with Gasteiger partial charge in [-0.05, 0) is 125 Å². The van der Waals surface area contributed by atoms with Crippen molar-refractivity contribution < 1.29 is 88.4 Å². The second kappa shape index (κ2) is 33.9. The number of β-amino-alcohol motifs (C(OH)–C–C–N with tert-alkyl or cyclic N) is 1. The van der Waals surface area contributed by atoms with Crippen LogP contribution in [0.1, 0.15) is 109 Å². The second-order valence-electron chi connectivity index (χ2n) is 28.2. The molecule has 5 fully saturated rings. The van der Waals surface area contributed by atoms with E-state index < -0.39 is 183 Å². The number of benzene rings is 3. The third-order valence-corrected chi connectivity index (χ3v) is 20.2. The Balaban J connectivity index is 0.942. The average Bonchev–Trinajstić information content (AvgIpc) is 1.68. The lowest BCUT2D eigenvalue weighted by Gasteiger charge is -2.42. The predicted molar refractivity (Wildman–Crippen MR) is 369 cm³/mol. The van der Waals surface area contributed by atoms with E-state index >= 15 is 0 Å². The number of phenolic OH excluding ortho intramolecular Hbond substituents is 1. The summed E-state index contributed by atoms with van der Waals surface area (Å²) in [6.07, 6.45) is -6.99. The number of alkyl carbamates (subject to hydrolysis) is 1. The first-order chi connectivity index (χ1) is 47.9. The van der Waals surface area contributed by atoms with Crippen molar-refractivity contribution in [1.82, 2.24) is 51.6 Å². The number of thiazole rings is 1. The Kier molecular flexibility index (Phi) is 25.7. The van der Waals surface area contributed by atoms with E-state index in [-0.39, 0.29) is 42.2 Å². The molecule has 0 unspecified atom stereocenters. The number of hydrogen-bond acceptors (Lipinski definition) is 22. The highest BCUT2D eigenvalue weighted by molar-refractivity contribution is 7.18. The van der Waals surface area contributed by atoms with E-state index in [9.17, 15) is 78.9 Å². The van der Waals surface area contributed by atoms with Crippen LogP contribution >= 0.6 is 11.3 Å². The predicted octanol–water partition coefficient (Wildman–Crippen LogP) is 0.000900. The quantitative estimate of drug-likeness (QED) is 0.0583. The lowest BCUT2D eigenvalue weighted by Crippen LogP contribution is -2.64. The van der Waals surface area contributed by atoms with Crippen LogP contribution in [-0.2, 0) is 44.7 Å². The highest BCUT2D eigenvalue weighted by Crippen LogP contribution is 2.35. The third kappa shape index (κ3) is 20.0. The van der Waals surface area contributed by atoms with Crippen LogP contribution in [0, 0.1) is 11.8 Å². The highest BCUT2D eigenvalue weighted by Gasteiger charge is 2.50. The zero-order valence-corrected chi connectivity index (χ0v) is 58.5. The minimum atomic E-state index is -2.20. The highest BCUT2D eigenvalue weighted by atomic mass is 32.1. The number of piperazine rings is 1. The average molecular weight is 1430 g/mol. The van der Waals surface area contributed by atoms with Gasteiger partial charge in [0.15, 0.2) is 11.5 Å². The lowest BCUT2D eigenvalue weighted by atomic mass is 9.86. The van der Waals surface area contributed by atoms with Crippen LogP contribution in [0.2, 0.25) is 0 Å². The number of carbonyl (C=O) groups excluding carboxylic acids is 9. The molecule has 0 radical (unpaired) electrons. The first kappa shape index (κ1) is 76.6. The molecule has 4 saturated heterocycles. The summed E-state index contributed by atoms with van der Waals surface area (Å²) in [7, 11) is 0. The summed E-state index contributed by atoms with van der Waals surface area (Å²) < 4.78 is 11.0. The van der Waals surface area contributed by atoms with Crippen molar-refractivity contribution in [3.05, 3.63) is 84.1 Å². The standard InChI is InChI=1S/C70H96N12O18S/c1-37-8-17-44(18-9-37)79-23-25-80(26-24-79)45-19-15-43(16-20-45)66-74-34-54(101-66)41-11-13-42(14-12-41)61(91)75-48-30-46(84)33-73-65(95)59-60(90)38(2)35-82(59)68(97)58(52(88)32-55(71)89)78-64(94)57(77-63(93)49-31-47(85)36-81(49)67(96)56(39(3)83)76-62(48)92)51(87)28-40-10-21-50(86)53(29-40)99-27-7-22-72-69(98)100-70(4,5)6/h10-16,19-21,29,34,37-39,44,46-49,51-52,56-60,83-88,90H,7-9,17-18,22-28,30-33,35-36H2,1-6H3,(H2,71,89)(H,72,98)(H,73,95)(H,75,91)(H,76,92)(H,77,93)(H,78,94)/t37?,38-,39+,44?,46+,47+,48-,49-,51+,52+,56-,57-,58-,59-,60-/m0/s1. The van der Waals surface area contributed by atoms with Crippen molar-refractivity contribution in [2.75, 3.05) is 63.9 Å². The summed E-state index contributed by atoms with van der Waals surface area (Å²) in [4.78, 5) is 139. The number of aromatic nitrogens is 1. The molecule has 30 nitrogen and oxygen atoms in total. The van der Waals surface area contributed by atoms with Gasteiger partial charge in [0.1, 0.15) is 46.9 Å². The molecule has 9 amide bonds. The summed E-state index contributed by atoms with van der Waals surface area (Å²) in [6.45, 7) is 12.5. The largest absolute Gasteiger partial charge is 0.504 e. The smallest absolute Gasteiger partial charge is 0.407 e. The molecule has 5 heterocycles. The Labute approximate surface area is 589 Å². The molecule has 0 spiro atoms. The van der Waals surface area contributed by atoms with E-state index in [0.717, 1.165) is 75.5 Å². The van der Waals surface area contributed by atoms with Crippen molar-refractivity contribution >= 4 is 70.4 Å². The van der Waals surface area contributed by atoms with Crippen molar-refractivity contribution in [3.8, 4) is 32.5 Å². The monoisotopic (exact) mass is 1420 g/mol. The molecular formula is C70H96N12O18S. The Hall–Kier alpha value is -8.56. The number of phenols is 1. The number of hydrogen-bond donors (Lipinski definition) is 14. The fourth-order valence-electron chi connectivity index (χ4n) is 13.5. The van der Waals surface area contributed by atoms with Gasteiger partial charge in [0, 0.05) is 107 Å². The van der Waals surface area contributed by atoms with Gasteiger partial charge in [-0.2, -0.15) is 0 Å². The van der Waals surface area contributed by atoms with Gasteiger partial charge >= 0.3 is 6.09 Å². The Morgan fingerprint density at radius 1 is 0.752 bits per heavy atom. The van der Waals surface area contributed by atoms with E-state index in [4.69, 9.17) is 20.2 Å². The first-order valence-corrected chi connectivity index (χ1v) is 35.3. The molecule has 101 heavy (non-hydrogen) atoms. The molecule has 1 saturated carbocycles. The number of aliphatic hydroxyl groups excluding tert-OH is 6. The Morgan fingerprint density at radius 3 is 2.07 bits per heavy atom. The van der Waals surface area contributed by atoms with Crippen molar-refractivity contribution in [2.45, 2.75) is 184 Å². The number of carbonyl (C=O) groups is 9. The van der Waals surface area contributed by atoms with Gasteiger partial charge < -0.3 is 97.6 Å². The van der Waals surface area contributed by atoms with Gasteiger partial charge in [-0.1, -0.05) is 32.0 Å². The van der Waals surface area contributed by atoms with Crippen LogP contribution in [0.4, 0.5) is 10.5 Å². The third-order valence-electron chi connectivity index (χ3n) is 19.1. The van der Waals surface area contributed by atoms with Gasteiger partial charge in [-0.25, -0.2) is 9.78 Å². The minimum absolute atomic E-state index is 0.0448.